The fourth-order valence-electron chi connectivity index (χ4n) is 4.16. The molecule has 2 heterocycles. The Balaban J connectivity index is 2.12. The first-order valence-corrected chi connectivity index (χ1v) is 8.26. The lowest BCUT2D eigenvalue weighted by Crippen LogP contribution is -2.50. The molecule has 2 unspecified atom stereocenters. The van der Waals surface area contributed by atoms with Crippen molar-refractivity contribution in [3.63, 3.8) is 0 Å². The van der Waals surface area contributed by atoms with Gasteiger partial charge in [0.05, 0.1) is 11.6 Å². The monoisotopic (exact) mass is 311 g/mol. The summed E-state index contributed by atoms with van der Waals surface area (Å²) in [5.41, 5.74) is 6.39. The summed E-state index contributed by atoms with van der Waals surface area (Å²) in [4.78, 5) is 19.3. The molecule has 1 aromatic carbocycles. The van der Waals surface area contributed by atoms with Gasteiger partial charge < -0.3 is 10.6 Å². The highest BCUT2D eigenvalue weighted by molar-refractivity contribution is 5.87. The Kier molecular flexibility index (Phi) is 4.11. The van der Waals surface area contributed by atoms with Crippen LogP contribution in [0.2, 0.25) is 0 Å². The minimum absolute atomic E-state index is 0.184. The number of nitrogens with zero attached hydrogens (tertiary/aromatic N) is 2. The summed E-state index contributed by atoms with van der Waals surface area (Å²) in [7, 11) is 2.08. The van der Waals surface area contributed by atoms with Crippen molar-refractivity contribution in [3.8, 4) is 0 Å². The summed E-state index contributed by atoms with van der Waals surface area (Å²) < 4.78 is 0. The molecule has 1 aromatic heterocycles. The van der Waals surface area contributed by atoms with Gasteiger partial charge in [0.25, 0.3) is 0 Å². The maximum atomic E-state index is 12.4. The van der Waals surface area contributed by atoms with Crippen LogP contribution in [0, 0.1) is 5.92 Å². The summed E-state index contributed by atoms with van der Waals surface area (Å²) in [6.07, 6.45) is 3.96. The number of hydrogen-bond donors (Lipinski definition) is 1. The molecule has 4 heteroatoms. The minimum atomic E-state index is -0.421. The number of rotatable bonds is 4. The molecule has 1 saturated heterocycles. The van der Waals surface area contributed by atoms with Crippen LogP contribution in [0.1, 0.15) is 32.4 Å². The van der Waals surface area contributed by atoms with Gasteiger partial charge in [-0.15, -0.1) is 0 Å². The molecular weight excluding hydrogens is 286 g/mol. The molecule has 0 saturated carbocycles. The summed E-state index contributed by atoms with van der Waals surface area (Å²) >= 11 is 0. The minimum Gasteiger partial charge on any atom is -0.369 e. The smallest absolute Gasteiger partial charge is 0.223 e. The highest BCUT2D eigenvalue weighted by Crippen LogP contribution is 2.40. The first kappa shape index (κ1) is 15.9. The number of carbonyl (C=O) groups is 1. The number of fused-ring (bicyclic) bond motifs is 1. The first-order valence-electron chi connectivity index (χ1n) is 8.26. The Morgan fingerprint density at radius 1 is 1.35 bits per heavy atom. The Hall–Kier alpha value is -1.94. The van der Waals surface area contributed by atoms with E-state index in [0.717, 1.165) is 35.9 Å². The molecule has 4 nitrogen and oxygen atoms in total. The molecule has 0 spiro atoms. The van der Waals surface area contributed by atoms with E-state index in [1.807, 2.05) is 24.4 Å². The molecule has 1 aliphatic rings. The summed E-state index contributed by atoms with van der Waals surface area (Å²) in [5.74, 6) is -0.489. The van der Waals surface area contributed by atoms with Crippen LogP contribution < -0.4 is 5.73 Å². The second kappa shape index (κ2) is 5.93. The molecule has 0 aliphatic carbocycles. The zero-order chi connectivity index (χ0) is 16.6. The van der Waals surface area contributed by atoms with Crippen LogP contribution in [0.4, 0.5) is 0 Å². The number of primary amides is 1. The largest absolute Gasteiger partial charge is 0.369 e. The van der Waals surface area contributed by atoms with Gasteiger partial charge in [-0.25, -0.2) is 0 Å². The maximum absolute atomic E-state index is 12.4. The summed E-state index contributed by atoms with van der Waals surface area (Å²) in [5, 5.41) is 2.25. The zero-order valence-electron chi connectivity index (χ0n) is 14.1. The molecule has 2 atom stereocenters. The van der Waals surface area contributed by atoms with E-state index in [-0.39, 0.29) is 17.9 Å². The molecule has 3 rings (SSSR count). The van der Waals surface area contributed by atoms with Crippen molar-refractivity contribution in [1.82, 2.24) is 9.88 Å². The van der Waals surface area contributed by atoms with Crippen molar-refractivity contribution >= 4 is 16.7 Å². The number of carbonyl (C=O) groups excluding carboxylic acids is 1. The van der Waals surface area contributed by atoms with E-state index in [9.17, 15) is 4.79 Å². The molecule has 0 bridgehead atoms. The van der Waals surface area contributed by atoms with Gasteiger partial charge in [-0.3, -0.25) is 9.78 Å². The van der Waals surface area contributed by atoms with E-state index >= 15 is 0 Å². The van der Waals surface area contributed by atoms with E-state index in [2.05, 4.69) is 42.9 Å². The predicted octanol–water partition coefficient (Wildman–Crippen LogP) is 2.71. The lowest BCUT2D eigenvalue weighted by atomic mass is 9.70. The Morgan fingerprint density at radius 3 is 2.74 bits per heavy atom. The lowest BCUT2D eigenvalue weighted by molar-refractivity contribution is -0.125. The Bertz CT molecular complexity index is 720. The van der Waals surface area contributed by atoms with E-state index in [4.69, 9.17) is 5.73 Å². The third-order valence-corrected chi connectivity index (χ3v) is 5.33. The van der Waals surface area contributed by atoms with Gasteiger partial charge in [0.15, 0.2) is 0 Å². The van der Waals surface area contributed by atoms with Crippen molar-refractivity contribution in [1.29, 1.82) is 0 Å². The maximum Gasteiger partial charge on any atom is 0.223 e. The number of pyridine rings is 1. The average molecular weight is 311 g/mol. The highest BCUT2D eigenvalue weighted by atomic mass is 16.1. The Labute approximate surface area is 137 Å². The number of likely N-dealkylation sites (tertiary alicyclic amines) is 1. The van der Waals surface area contributed by atoms with Crippen LogP contribution in [-0.4, -0.2) is 35.4 Å². The molecular formula is C19H25N3O. The molecule has 23 heavy (non-hydrogen) atoms. The quantitative estimate of drug-likeness (QED) is 0.944. The van der Waals surface area contributed by atoms with Gasteiger partial charge in [-0.05, 0) is 37.9 Å². The number of amides is 1. The topological polar surface area (TPSA) is 59.2 Å². The van der Waals surface area contributed by atoms with E-state index in [1.165, 1.54) is 0 Å². The second-order valence-corrected chi connectivity index (χ2v) is 7.17. The van der Waals surface area contributed by atoms with Crippen LogP contribution in [-0.2, 0) is 10.2 Å². The highest BCUT2D eigenvalue weighted by Gasteiger charge is 2.45. The summed E-state index contributed by atoms with van der Waals surface area (Å²) in [6.45, 7) is 5.22. The van der Waals surface area contributed by atoms with Gasteiger partial charge in [-0.2, -0.15) is 0 Å². The van der Waals surface area contributed by atoms with Crippen LogP contribution in [0.3, 0.4) is 0 Å². The predicted molar refractivity (Wildman–Crippen MR) is 93.1 cm³/mol. The van der Waals surface area contributed by atoms with Gasteiger partial charge >= 0.3 is 0 Å². The van der Waals surface area contributed by atoms with Crippen molar-refractivity contribution < 1.29 is 4.79 Å². The third-order valence-electron chi connectivity index (χ3n) is 5.33. The number of benzene rings is 1. The zero-order valence-corrected chi connectivity index (χ0v) is 14.1. The second-order valence-electron chi connectivity index (χ2n) is 7.17. The van der Waals surface area contributed by atoms with Crippen LogP contribution in [0.15, 0.2) is 36.5 Å². The number of hydrogen-bond acceptors (Lipinski definition) is 3. The SMILES string of the molecule is CN1CCCC1C(C(N)=O)C(C)(C)c1nccc2ccccc12. The van der Waals surface area contributed by atoms with Crippen molar-refractivity contribution in [2.75, 3.05) is 13.6 Å². The normalized spacial score (nSPS) is 20.7. The standard InChI is InChI=1S/C19H25N3O/c1-19(2,16(18(20)23)15-9-6-12-22(15)3)17-14-8-5-4-7-13(14)10-11-21-17/h4-5,7-8,10-11,15-16H,6,9,12H2,1-3H3,(H2,20,23). The average Bonchev–Trinajstić information content (AvgIpc) is 2.92. The molecule has 1 amide bonds. The molecule has 0 radical (unpaired) electrons. The molecule has 1 fully saturated rings. The van der Waals surface area contributed by atoms with Crippen LogP contribution in [0.25, 0.3) is 10.8 Å². The van der Waals surface area contributed by atoms with Crippen LogP contribution in [0.5, 0.6) is 0 Å². The van der Waals surface area contributed by atoms with Gasteiger partial charge in [0.2, 0.25) is 5.91 Å². The summed E-state index contributed by atoms with van der Waals surface area (Å²) in [6, 6.07) is 10.4. The Morgan fingerprint density at radius 2 is 2.09 bits per heavy atom. The lowest BCUT2D eigenvalue weighted by Gasteiger charge is -2.38. The van der Waals surface area contributed by atoms with Crippen molar-refractivity contribution in [2.45, 2.75) is 38.1 Å². The van der Waals surface area contributed by atoms with Gasteiger partial charge in [0.1, 0.15) is 0 Å². The van der Waals surface area contributed by atoms with Crippen molar-refractivity contribution in [2.24, 2.45) is 11.7 Å². The van der Waals surface area contributed by atoms with E-state index in [1.54, 1.807) is 0 Å². The van der Waals surface area contributed by atoms with Gasteiger partial charge in [0, 0.05) is 23.0 Å². The molecule has 122 valence electrons. The number of nitrogens with two attached hydrogens (primary N) is 1. The van der Waals surface area contributed by atoms with E-state index in [0.29, 0.717) is 0 Å². The molecule has 2 aromatic rings. The van der Waals surface area contributed by atoms with Gasteiger partial charge in [-0.1, -0.05) is 38.1 Å². The molecule has 2 N–H and O–H groups in total. The third kappa shape index (κ3) is 2.72. The first-order chi connectivity index (χ1) is 10.9. The van der Waals surface area contributed by atoms with E-state index < -0.39 is 5.41 Å². The fraction of sp³-hybridized carbons (Fsp3) is 0.474. The van der Waals surface area contributed by atoms with Crippen molar-refractivity contribution in [3.05, 3.63) is 42.2 Å². The number of aromatic nitrogens is 1. The molecule has 1 aliphatic heterocycles. The fourth-order valence-corrected chi connectivity index (χ4v) is 4.16. The van der Waals surface area contributed by atoms with Crippen LogP contribution >= 0.6 is 0 Å².